The van der Waals surface area contributed by atoms with E-state index in [2.05, 4.69) is 4.90 Å². The molecular weight excluding hydrogens is 266 g/mol. The van der Waals surface area contributed by atoms with Crippen LogP contribution in [0.25, 0.3) is 11.0 Å². The molecule has 1 aromatic carbocycles. The highest BCUT2D eigenvalue weighted by Crippen LogP contribution is 2.30. The lowest BCUT2D eigenvalue weighted by Crippen LogP contribution is -2.27. The number of benzene rings is 1. The average Bonchev–Trinajstić information content (AvgIpc) is 2.75. The molecule has 3 rings (SSSR count). The van der Waals surface area contributed by atoms with Gasteiger partial charge in [-0.1, -0.05) is 24.5 Å². The molecule has 1 aliphatic rings. The Labute approximate surface area is 123 Å². The van der Waals surface area contributed by atoms with E-state index in [1.165, 1.54) is 12.8 Å². The second kappa shape index (κ2) is 5.72. The predicted molar refractivity (Wildman–Crippen MR) is 83.3 cm³/mol. The van der Waals surface area contributed by atoms with E-state index >= 15 is 0 Å². The fourth-order valence-electron chi connectivity index (χ4n) is 3.05. The van der Waals surface area contributed by atoms with Crippen LogP contribution in [0.3, 0.4) is 0 Å². The van der Waals surface area contributed by atoms with Gasteiger partial charge in [-0.2, -0.15) is 0 Å². The maximum absolute atomic E-state index is 12.1. The smallest absolute Gasteiger partial charge is 0.349 e. The summed E-state index contributed by atoms with van der Waals surface area (Å²) in [7, 11) is 0. The Kier molecular flexibility index (Phi) is 3.78. The van der Waals surface area contributed by atoms with E-state index in [-0.39, 0.29) is 5.56 Å². The molecule has 0 aliphatic carbocycles. The lowest BCUT2D eigenvalue weighted by Gasteiger charge is -2.25. The lowest BCUT2D eigenvalue weighted by atomic mass is 10.1. The molecule has 0 atom stereocenters. The number of fused-ring (bicyclic) bond motifs is 1. The van der Waals surface area contributed by atoms with Crippen molar-refractivity contribution in [2.75, 3.05) is 18.0 Å². The van der Waals surface area contributed by atoms with Crippen molar-refractivity contribution in [1.29, 1.82) is 0 Å². The van der Waals surface area contributed by atoms with Gasteiger partial charge in [-0.05, 0) is 31.9 Å². The molecule has 1 aliphatic heterocycles. The van der Waals surface area contributed by atoms with Crippen LogP contribution in [0.5, 0.6) is 0 Å². The van der Waals surface area contributed by atoms with Gasteiger partial charge in [0, 0.05) is 18.5 Å². The number of aldehydes is 1. The highest BCUT2D eigenvalue weighted by atomic mass is 16.4. The van der Waals surface area contributed by atoms with Crippen LogP contribution in [0.1, 0.15) is 41.6 Å². The number of carbonyl (C=O) groups is 1. The molecule has 0 N–H and O–H groups in total. The monoisotopic (exact) mass is 285 g/mol. The van der Waals surface area contributed by atoms with Crippen molar-refractivity contribution in [3.8, 4) is 0 Å². The van der Waals surface area contributed by atoms with Crippen LogP contribution in [0, 0.1) is 6.92 Å². The number of anilines is 1. The third-order valence-electron chi connectivity index (χ3n) is 4.11. The first-order valence-corrected chi connectivity index (χ1v) is 7.48. The third-order valence-corrected chi connectivity index (χ3v) is 4.11. The Balaban J connectivity index is 2.27. The molecule has 1 saturated heterocycles. The van der Waals surface area contributed by atoms with Gasteiger partial charge in [0.2, 0.25) is 0 Å². The van der Waals surface area contributed by atoms with Crippen molar-refractivity contribution in [2.24, 2.45) is 0 Å². The molecule has 0 bridgehead atoms. The summed E-state index contributed by atoms with van der Waals surface area (Å²) in [6.45, 7) is 3.76. The van der Waals surface area contributed by atoms with Crippen molar-refractivity contribution in [2.45, 2.75) is 32.6 Å². The van der Waals surface area contributed by atoms with Crippen molar-refractivity contribution in [3.63, 3.8) is 0 Å². The molecular formula is C17H19NO3. The zero-order valence-corrected chi connectivity index (χ0v) is 12.2. The quantitative estimate of drug-likeness (QED) is 0.627. The fourth-order valence-corrected chi connectivity index (χ4v) is 3.05. The van der Waals surface area contributed by atoms with Gasteiger partial charge in [-0.3, -0.25) is 4.79 Å². The van der Waals surface area contributed by atoms with E-state index in [0.717, 1.165) is 42.6 Å². The molecule has 4 nitrogen and oxygen atoms in total. The van der Waals surface area contributed by atoms with Gasteiger partial charge in [0.25, 0.3) is 0 Å². The minimum absolute atomic E-state index is 0.148. The van der Waals surface area contributed by atoms with Crippen LogP contribution < -0.4 is 10.5 Å². The van der Waals surface area contributed by atoms with E-state index in [1.807, 2.05) is 25.1 Å². The van der Waals surface area contributed by atoms with Gasteiger partial charge < -0.3 is 9.32 Å². The van der Waals surface area contributed by atoms with Crippen molar-refractivity contribution in [3.05, 3.63) is 39.7 Å². The second-order valence-electron chi connectivity index (χ2n) is 5.67. The summed E-state index contributed by atoms with van der Waals surface area (Å²) in [5.74, 6) is 0. The van der Waals surface area contributed by atoms with E-state index in [0.29, 0.717) is 11.9 Å². The average molecular weight is 285 g/mol. The number of rotatable bonds is 2. The van der Waals surface area contributed by atoms with Gasteiger partial charge in [-0.15, -0.1) is 0 Å². The van der Waals surface area contributed by atoms with Crippen LogP contribution in [-0.2, 0) is 0 Å². The summed E-state index contributed by atoms with van der Waals surface area (Å²) in [4.78, 5) is 25.7. The number of hydrogen-bond acceptors (Lipinski definition) is 4. The van der Waals surface area contributed by atoms with Crippen LogP contribution in [0.2, 0.25) is 0 Å². The first kappa shape index (κ1) is 13.9. The Morgan fingerprint density at radius 3 is 2.52 bits per heavy atom. The van der Waals surface area contributed by atoms with Crippen molar-refractivity contribution < 1.29 is 9.21 Å². The van der Waals surface area contributed by atoms with Gasteiger partial charge in [0.15, 0.2) is 6.29 Å². The largest absolute Gasteiger partial charge is 0.422 e. The standard InChI is InChI=1S/C17H19NO3/c1-12-6-7-15-13(10-12)16(14(11-19)17(20)21-15)18-8-4-2-3-5-9-18/h6-7,10-11H,2-5,8-9H2,1H3. The molecule has 2 aromatic rings. The summed E-state index contributed by atoms with van der Waals surface area (Å²) in [6, 6.07) is 5.71. The fraction of sp³-hybridized carbons (Fsp3) is 0.412. The summed E-state index contributed by atoms with van der Waals surface area (Å²) < 4.78 is 5.29. The third kappa shape index (κ3) is 2.58. The summed E-state index contributed by atoms with van der Waals surface area (Å²) in [6.07, 6.45) is 5.21. The number of aryl methyl sites for hydroxylation is 1. The molecule has 1 aromatic heterocycles. The van der Waals surface area contributed by atoms with Gasteiger partial charge in [0.05, 0.1) is 5.69 Å². The number of nitrogens with zero attached hydrogens (tertiary/aromatic N) is 1. The van der Waals surface area contributed by atoms with E-state index in [1.54, 1.807) is 0 Å². The molecule has 0 saturated carbocycles. The van der Waals surface area contributed by atoms with Crippen LogP contribution in [0.15, 0.2) is 27.4 Å². The molecule has 0 unspecified atom stereocenters. The minimum atomic E-state index is -0.541. The Bertz CT molecular complexity index is 725. The Hall–Kier alpha value is -2.10. The second-order valence-corrected chi connectivity index (χ2v) is 5.67. The number of hydrogen-bond donors (Lipinski definition) is 0. The predicted octanol–water partition coefficient (Wildman–Crippen LogP) is 3.29. The van der Waals surface area contributed by atoms with Crippen LogP contribution in [-0.4, -0.2) is 19.4 Å². The SMILES string of the molecule is Cc1ccc2oc(=O)c(C=O)c(N3CCCCCC3)c2c1. The molecule has 1 fully saturated rings. The summed E-state index contributed by atoms with van der Waals surface area (Å²) in [5.41, 5.74) is 2.00. The maximum Gasteiger partial charge on any atom is 0.349 e. The van der Waals surface area contributed by atoms with E-state index in [4.69, 9.17) is 4.42 Å². The van der Waals surface area contributed by atoms with Gasteiger partial charge in [0.1, 0.15) is 11.1 Å². The van der Waals surface area contributed by atoms with Crippen LogP contribution >= 0.6 is 0 Å². The molecule has 21 heavy (non-hydrogen) atoms. The van der Waals surface area contributed by atoms with Crippen LogP contribution in [0.4, 0.5) is 5.69 Å². The minimum Gasteiger partial charge on any atom is -0.422 e. The zero-order valence-electron chi connectivity index (χ0n) is 12.2. The molecule has 110 valence electrons. The molecule has 0 radical (unpaired) electrons. The molecule has 0 amide bonds. The number of carbonyl (C=O) groups excluding carboxylic acids is 1. The first-order chi connectivity index (χ1) is 10.2. The topological polar surface area (TPSA) is 50.5 Å². The van der Waals surface area contributed by atoms with Gasteiger partial charge in [-0.25, -0.2) is 4.79 Å². The van der Waals surface area contributed by atoms with E-state index in [9.17, 15) is 9.59 Å². The lowest BCUT2D eigenvalue weighted by molar-refractivity contribution is 0.112. The highest BCUT2D eigenvalue weighted by molar-refractivity contribution is 5.99. The maximum atomic E-state index is 12.1. The molecule has 2 heterocycles. The van der Waals surface area contributed by atoms with Crippen molar-refractivity contribution >= 4 is 22.9 Å². The Morgan fingerprint density at radius 1 is 1.14 bits per heavy atom. The summed E-state index contributed by atoms with van der Waals surface area (Å²) in [5, 5.41) is 0.860. The summed E-state index contributed by atoms with van der Waals surface area (Å²) >= 11 is 0. The van der Waals surface area contributed by atoms with Gasteiger partial charge >= 0.3 is 5.63 Å². The first-order valence-electron chi connectivity index (χ1n) is 7.48. The normalized spacial score (nSPS) is 16.0. The van der Waals surface area contributed by atoms with E-state index < -0.39 is 5.63 Å². The molecule has 0 spiro atoms. The highest BCUT2D eigenvalue weighted by Gasteiger charge is 2.20. The van der Waals surface area contributed by atoms with Crippen molar-refractivity contribution in [1.82, 2.24) is 0 Å². The Morgan fingerprint density at radius 2 is 1.86 bits per heavy atom. The zero-order chi connectivity index (χ0) is 14.8. The molecule has 4 heteroatoms.